The van der Waals surface area contributed by atoms with Gasteiger partial charge in [0.25, 0.3) is 0 Å². The molecule has 0 radical (unpaired) electrons. The molecular formula is C17H15ClN4O. The number of nitrogens with one attached hydrogen (secondary N) is 1. The number of fused-ring (bicyclic) bond motifs is 3. The molecule has 1 amide bonds. The molecule has 5 nitrogen and oxygen atoms in total. The summed E-state index contributed by atoms with van der Waals surface area (Å²) in [6, 6.07) is 7.46. The summed E-state index contributed by atoms with van der Waals surface area (Å²) < 4.78 is 0. The Morgan fingerprint density at radius 2 is 2.26 bits per heavy atom. The van der Waals surface area contributed by atoms with Gasteiger partial charge in [-0.15, -0.1) is 0 Å². The number of halogens is 1. The molecule has 0 atom stereocenters. The third kappa shape index (κ3) is 2.68. The van der Waals surface area contributed by atoms with E-state index in [0.717, 1.165) is 35.1 Å². The molecule has 0 spiro atoms. The standard InChI is InChI=1S/C17H15ClN4O/c18-13-3-1-2-11(6-13)7-16(23)22-5-4-14-12(10-22)8-19-17-15(14)9-20-21-17/h1-3,6,8-9H,4-5,7,10H2,(H,19,20,21). The molecule has 3 heterocycles. The number of carbonyl (C=O) groups is 1. The van der Waals surface area contributed by atoms with Crippen molar-refractivity contribution in [3.05, 3.63) is 58.4 Å². The van der Waals surface area contributed by atoms with Gasteiger partial charge < -0.3 is 4.90 Å². The normalized spacial score (nSPS) is 14.0. The van der Waals surface area contributed by atoms with E-state index < -0.39 is 0 Å². The predicted octanol–water partition coefficient (Wildman–Crippen LogP) is 2.74. The van der Waals surface area contributed by atoms with Gasteiger partial charge in [-0.3, -0.25) is 9.89 Å². The Labute approximate surface area is 138 Å². The molecule has 23 heavy (non-hydrogen) atoms. The van der Waals surface area contributed by atoms with E-state index in [2.05, 4.69) is 15.2 Å². The van der Waals surface area contributed by atoms with Crippen LogP contribution in [0.1, 0.15) is 16.7 Å². The summed E-state index contributed by atoms with van der Waals surface area (Å²) in [5.74, 6) is 0.116. The van der Waals surface area contributed by atoms with Crippen molar-refractivity contribution >= 4 is 28.5 Å². The van der Waals surface area contributed by atoms with E-state index in [0.29, 0.717) is 18.0 Å². The maximum Gasteiger partial charge on any atom is 0.227 e. The number of carbonyl (C=O) groups excluding carboxylic acids is 1. The first kappa shape index (κ1) is 14.2. The maximum atomic E-state index is 12.5. The van der Waals surface area contributed by atoms with Gasteiger partial charge in [0.2, 0.25) is 5.91 Å². The summed E-state index contributed by atoms with van der Waals surface area (Å²) in [6.45, 7) is 1.32. The van der Waals surface area contributed by atoms with Crippen LogP contribution >= 0.6 is 11.6 Å². The fraction of sp³-hybridized carbons (Fsp3) is 0.235. The van der Waals surface area contributed by atoms with Crippen LogP contribution in [0.2, 0.25) is 5.02 Å². The molecule has 0 saturated carbocycles. The largest absolute Gasteiger partial charge is 0.338 e. The molecule has 1 aromatic carbocycles. The predicted molar refractivity (Wildman–Crippen MR) is 88.2 cm³/mol. The Kier molecular flexibility index (Phi) is 3.50. The maximum absolute atomic E-state index is 12.5. The monoisotopic (exact) mass is 326 g/mol. The Morgan fingerprint density at radius 3 is 3.13 bits per heavy atom. The van der Waals surface area contributed by atoms with Gasteiger partial charge in [0, 0.05) is 29.7 Å². The lowest BCUT2D eigenvalue weighted by Gasteiger charge is -2.29. The van der Waals surface area contributed by atoms with Crippen LogP contribution in [0, 0.1) is 0 Å². The number of aromatic nitrogens is 3. The van der Waals surface area contributed by atoms with E-state index in [4.69, 9.17) is 11.6 Å². The quantitative estimate of drug-likeness (QED) is 0.787. The molecule has 2 aromatic heterocycles. The first-order valence-corrected chi connectivity index (χ1v) is 7.90. The zero-order chi connectivity index (χ0) is 15.8. The van der Waals surface area contributed by atoms with Crippen molar-refractivity contribution in [2.75, 3.05) is 6.54 Å². The van der Waals surface area contributed by atoms with Crippen molar-refractivity contribution in [1.29, 1.82) is 0 Å². The Hall–Kier alpha value is -2.40. The average molecular weight is 327 g/mol. The van der Waals surface area contributed by atoms with Gasteiger partial charge in [-0.1, -0.05) is 23.7 Å². The van der Waals surface area contributed by atoms with Crippen molar-refractivity contribution < 1.29 is 4.79 Å². The van der Waals surface area contributed by atoms with Crippen LogP contribution < -0.4 is 0 Å². The smallest absolute Gasteiger partial charge is 0.227 e. The van der Waals surface area contributed by atoms with Crippen molar-refractivity contribution in [2.45, 2.75) is 19.4 Å². The number of pyridine rings is 1. The molecule has 0 saturated heterocycles. The van der Waals surface area contributed by atoms with E-state index >= 15 is 0 Å². The van der Waals surface area contributed by atoms with Crippen molar-refractivity contribution in [3.8, 4) is 0 Å². The summed E-state index contributed by atoms with van der Waals surface area (Å²) >= 11 is 5.98. The van der Waals surface area contributed by atoms with Crippen LogP contribution in [-0.2, 0) is 24.2 Å². The van der Waals surface area contributed by atoms with Crippen LogP contribution in [-0.4, -0.2) is 32.5 Å². The Bertz CT molecular complexity index is 889. The van der Waals surface area contributed by atoms with Crippen LogP contribution in [0.5, 0.6) is 0 Å². The zero-order valence-corrected chi connectivity index (χ0v) is 13.2. The minimum Gasteiger partial charge on any atom is -0.338 e. The SMILES string of the molecule is O=C(Cc1cccc(Cl)c1)N1CCc2c(cnc3[nH]ncc23)C1. The molecule has 4 rings (SSSR count). The summed E-state index contributed by atoms with van der Waals surface area (Å²) in [5, 5.41) is 8.65. The van der Waals surface area contributed by atoms with Gasteiger partial charge >= 0.3 is 0 Å². The molecule has 3 aromatic rings. The fourth-order valence-corrected chi connectivity index (χ4v) is 3.31. The Balaban J connectivity index is 1.54. The highest BCUT2D eigenvalue weighted by molar-refractivity contribution is 6.30. The van der Waals surface area contributed by atoms with Gasteiger partial charge in [0.15, 0.2) is 5.65 Å². The number of amides is 1. The lowest BCUT2D eigenvalue weighted by atomic mass is 9.98. The second-order valence-electron chi connectivity index (χ2n) is 5.77. The molecule has 1 aliphatic rings. The van der Waals surface area contributed by atoms with Gasteiger partial charge in [-0.2, -0.15) is 5.10 Å². The minimum absolute atomic E-state index is 0.116. The number of aromatic amines is 1. The van der Waals surface area contributed by atoms with E-state index in [1.165, 1.54) is 5.56 Å². The number of benzene rings is 1. The first-order valence-electron chi connectivity index (χ1n) is 7.53. The molecule has 0 aliphatic carbocycles. The molecule has 0 fully saturated rings. The van der Waals surface area contributed by atoms with Crippen LogP contribution in [0.15, 0.2) is 36.7 Å². The van der Waals surface area contributed by atoms with E-state index in [-0.39, 0.29) is 5.91 Å². The van der Waals surface area contributed by atoms with Crippen LogP contribution in [0.25, 0.3) is 11.0 Å². The Morgan fingerprint density at radius 1 is 1.35 bits per heavy atom. The molecule has 116 valence electrons. The number of H-pyrrole nitrogens is 1. The second-order valence-corrected chi connectivity index (χ2v) is 6.20. The number of hydrogen-bond donors (Lipinski definition) is 1. The van der Waals surface area contributed by atoms with Crippen molar-refractivity contribution in [2.24, 2.45) is 0 Å². The lowest BCUT2D eigenvalue weighted by molar-refractivity contribution is -0.131. The summed E-state index contributed by atoms with van der Waals surface area (Å²) in [7, 11) is 0. The van der Waals surface area contributed by atoms with Gasteiger partial charge in [-0.05, 0) is 35.2 Å². The average Bonchev–Trinajstić information content (AvgIpc) is 3.03. The number of nitrogens with zero attached hydrogens (tertiary/aromatic N) is 3. The minimum atomic E-state index is 0.116. The van der Waals surface area contributed by atoms with Gasteiger partial charge in [0.1, 0.15) is 0 Å². The molecule has 0 unspecified atom stereocenters. The summed E-state index contributed by atoms with van der Waals surface area (Å²) in [5.41, 5.74) is 4.10. The van der Waals surface area contributed by atoms with Crippen LogP contribution in [0.4, 0.5) is 0 Å². The first-order chi connectivity index (χ1) is 11.2. The molecule has 6 heteroatoms. The van der Waals surface area contributed by atoms with E-state index in [9.17, 15) is 4.79 Å². The lowest BCUT2D eigenvalue weighted by Crippen LogP contribution is -2.37. The molecule has 1 aliphatic heterocycles. The molecular weight excluding hydrogens is 312 g/mol. The highest BCUT2D eigenvalue weighted by Gasteiger charge is 2.23. The third-order valence-corrected chi connectivity index (χ3v) is 4.51. The topological polar surface area (TPSA) is 61.9 Å². The van der Waals surface area contributed by atoms with Crippen LogP contribution in [0.3, 0.4) is 0 Å². The fourth-order valence-electron chi connectivity index (χ4n) is 3.10. The van der Waals surface area contributed by atoms with Crippen molar-refractivity contribution in [3.63, 3.8) is 0 Å². The highest BCUT2D eigenvalue weighted by atomic mass is 35.5. The van der Waals surface area contributed by atoms with Gasteiger partial charge in [0.05, 0.1) is 12.6 Å². The molecule has 1 N–H and O–H groups in total. The number of rotatable bonds is 2. The third-order valence-electron chi connectivity index (χ3n) is 4.27. The summed E-state index contributed by atoms with van der Waals surface area (Å²) in [6.07, 6.45) is 4.85. The number of hydrogen-bond acceptors (Lipinski definition) is 3. The summed E-state index contributed by atoms with van der Waals surface area (Å²) in [4.78, 5) is 18.8. The van der Waals surface area contributed by atoms with Gasteiger partial charge in [-0.25, -0.2) is 4.98 Å². The van der Waals surface area contributed by atoms with E-state index in [1.807, 2.05) is 41.6 Å². The van der Waals surface area contributed by atoms with E-state index in [1.54, 1.807) is 0 Å². The molecule has 0 bridgehead atoms. The highest BCUT2D eigenvalue weighted by Crippen LogP contribution is 2.25. The van der Waals surface area contributed by atoms with Crippen molar-refractivity contribution in [1.82, 2.24) is 20.1 Å². The zero-order valence-electron chi connectivity index (χ0n) is 12.4. The second kappa shape index (κ2) is 5.66.